The summed E-state index contributed by atoms with van der Waals surface area (Å²) in [4.78, 5) is 11.2. The lowest BCUT2D eigenvalue weighted by Gasteiger charge is -2.22. The van der Waals surface area contributed by atoms with Gasteiger partial charge in [0.1, 0.15) is 0 Å². The Morgan fingerprint density at radius 2 is 1.44 bits per heavy atom. The lowest BCUT2D eigenvalue weighted by molar-refractivity contribution is 0.0697. The first kappa shape index (κ1) is 20.1. The highest BCUT2D eigenvalue weighted by Crippen LogP contribution is 2.53. The van der Waals surface area contributed by atoms with Crippen molar-refractivity contribution >= 4 is 16.7 Å². The Kier molecular flexibility index (Phi) is 4.48. The predicted octanol–water partition coefficient (Wildman–Crippen LogP) is 6.53. The fourth-order valence-corrected chi connectivity index (χ4v) is 4.87. The van der Waals surface area contributed by atoms with Crippen molar-refractivity contribution in [3.05, 3.63) is 83.4 Å². The average Bonchev–Trinajstić information content (AvgIpc) is 3.04. The normalized spacial score (nSPS) is 13.5. The smallest absolute Gasteiger partial charge is 0.335 e. The van der Waals surface area contributed by atoms with Gasteiger partial charge in [-0.1, -0.05) is 50.2 Å². The molecule has 0 fully saturated rings. The van der Waals surface area contributed by atoms with E-state index < -0.39 is 5.97 Å². The lowest BCUT2D eigenvalue weighted by Crippen LogP contribution is -2.15. The molecule has 1 aliphatic carbocycles. The van der Waals surface area contributed by atoms with Crippen molar-refractivity contribution in [2.45, 2.75) is 19.3 Å². The Morgan fingerprint density at radius 3 is 2.09 bits per heavy atom. The number of benzene rings is 4. The summed E-state index contributed by atoms with van der Waals surface area (Å²) in [6.07, 6.45) is 0. The molecule has 0 amide bonds. The van der Waals surface area contributed by atoms with Crippen molar-refractivity contribution in [1.82, 2.24) is 0 Å². The van der Waals surface area contributed by atoms with E-state index in [1.54, 1.807) is 26.4 Å². The van der Waals surface area contributed by atoms with Gasteiger partial charge in [0.15, 0.2) is 11.5 Å². The second-order valence-electron chi connectivity index (χ2n) is 8.68. The molecule has 5 rings (SSSR count). The van der Waals surface area contributed by atoms with Crippen molar-refractivity contribution in [3.63, 3.8) is 0 Å². The Balaban J connectivity index is 1.70. The van der Waals surface area contributed by atoms with Crippen LogP contribution < -0.4 is 9.47 Å². The van der Waals surface area contributed by atoms with Crippen LogP contribution in [0.4, 0.5) is 0 Å². The Morgan fingerprint density at radius 1 is 0.781 bits per heavy atom. The second kappa shape index (κ2) is 7.13. The fraction of sp³-hybridized carbons (Fsp3) is 0.179. The van der Waals surface area contributed by atoms with Crippen LogP contribution in [0.5, 0.6) is 11.5 Å². The average molecular weight is 424 g/mol. The summed E-state index contributed by atoms with van der Waals surface area (Å²) in [6, 6.07) is 22.0. The van der Waals surface area contributed by atoms with E-state index in [9.17, 15) is 9.90 Å². The molecular weight excluding hydrogens is 400 g/mol. The van der Waals surface area contributed by atoms with Gasteiger partial charge in [-0.2, -0.15) is 0 Å². The zero-order valence-electron chi connectivity index (χ0n) is 18.5. The summed E-state index contributed by atoms with van der Waals surface area (Å²) in [5, 5.41) is 11.4. The number of methoxy groups -OCH3 is 2. The molecule has 160 valence electrons. The maximum atomic E-state index is 11.2. The van der Waals surface area contributed by atoms with E-state index in [0.29, 0.717) is 5.56 Å². The number of carbonyl (C=O) groups is 1. The first-order chi connectivity index (χ1) is 15.3. The molecule has 0 saturated carbocycles. The van der Waals surface area contributed by atoms with Gasteiger partial charge in [-0.05, 0) is 74.5 Å². The van der Waals surface area contributed by atoms with Gasteiger partial charge in [0.05, 0.1) is 19.8 Å². The van der Waals surface area contributed by atoms with Gasteiger partial charge in [0.2, 0.25) is 0 Å². The molecule has 0 bridgehead atoms. The molecule has 0 atom stereocenters. The summed E-state index contributed by atoms with van der Waals surface area (Å²) in [5.41, 5.74) is 7.19. The van der Waals surface area contributed by atoms with Crippen LogP contribution in [0.3, 0.4) is 0 Å². The highest BCUT2D eigenvalue weighted by atomic mass is 16.5. The molecule has 0 aliphatic heterocycles. The molecule has 32 heavy (non-hydrogen) atoms. The van der Waals surface area contributed by atoms with Gasteiger partial charge in [-0.3, -0.25) is 0 Å². The van der Waals surface area contributed by atoms with E-state index in [2.05, 4.69) is 50.2 Å². The molecule has 0 aromatic heterocycles. The van der Waals surface area contributed by atoms with E-state index in [1.165, 1.54) is 22.3 Å². The van der Waals surface area contributed by atoms with Crippen molar-refractivity contribution in [2.24, 2.45) is 0 Å². The van der Waals surface area contributed by atoms with Crippen molar-refractivity contribution in [1.29, 1.82) is 0 Å². The lowest BCUT2D eigenvalue weighted by atomic mass is 9.81. The van der Waals surface area contributed by atoms with Crippen LogP contribution in [0.15, 0.2) is 66.7 Å². The number of hydrogen-bond acceptors (Lipinski definition) is 3. The third-order valence-corrected chi connectivity index (χ3v) is 6.62. The van der Waals surface area contributed by atoms with Gasteiger partial charge in [0, 0.05) is 5.41 Å². The molecule has 1 N–H and O–H groups in total. The minimum absolute atomic E-state index is 0.164. The molecule has 0 heterocycles. The van der Waals surface area contributed by atoms with E-state index in [4.69, 9.17) is 9.47 Å². The molecule has 1 aliphatic rings. The van der Waals surface area contributed by atoms with Crippen molar-refractivity contribution in [3.8, 4) is 33.8 Å². The zero-order valence-corrected chi connectivity index (χ0v) is 18.5. The molecule has 4 aromatic carbocycles. The summed E-state index contributed by atoms with van der Waals surface area (Å²) in [7, 11) is 3.31. The number of hydrogen-bond donors (Lipinski definition) is 1. The van der Waals surface area contributed by atoms with Crippen LogP contribution in [0, 0.1) is 0 Å². The molecule has 4 nitrogen and oxygen atoms in total. The van der Waals surface area contributed by atoms with Gasteiger partial charge in [-0.25, -0.2) is 4.79 Å². The molecule has 0 saturated heterocycles. The van der Waals surface area contributed by atoms with Crippen LogP contribution in [-0.2, 0) is 5.41 Å². The minimum Gasteiger partial charge on any atom is -0.493 e. The van der Waals surface area contributed by atoms with E-state index in [1.807, 2.05) is 18.2 Å². The van der Waals surface area contributed by atoms with Crippen LogP contribution in [0.25, 0.3) is 33.0 Å². The maximum Gasteiger partial charge on any atom is 0.335 e. The second-order valence-corrected chi connectivity index (χ2v) is 8.68. The van der Waals surface area contributed by atoms with E-state index in [0.717, 1.165) is 33.4 Å². The topological polar surface area (TPSA) is 55.8 Å². The van der Waals surface area contributed by atoms with Crippen LogP contribution in [0.1, 0.15) is 35.3 Å². The Bertz CT molecular complexity index is 1380. The van der Waals surface area contributed by atoms with Gasteiger partial charge in [-0.15, -0.1) is 0 Å². The number of ether oxygens (including phenoxy) is 2. The summed E-state index contributed by atoms with van der Waals surface area (Å²) >= 11 is 0. The SMILES string of the molecule is COc1cc2ccc3c(c2cc1OC)-c1ccc(-c2ccc(C(=O)O)cc2)cc1C3(C)C. The molecular formula is C28H24O4. The summed E-state index contributed by atoms with van der Waals surface area (Å²) < 4.78 is 11.1. The summed E-state index contributed by atoms with van der Waals surface area (Å²) in [5.74, 6) is 0.522. The number of carboxylic acid groups (broad SMARTS) is 1. The van der Waals surface area contributed by atoms with Crippen molar-refractivity contribution in [2.75, 3.05) is 14.2 Å². The van der Waals surface area contributed by atoms with Gasteiger partial charge < -0.3 is 14.6 Å². The fourth-order valence-electron chi connectivity index (χ4n) is 4.87. The third kappa shape index (κ3) is 2.87. The number of rotatable bonds is 4. The van der Waals surface area contributed by atoms with Crippen LogP contribution in [-0.4, -0.2) is 25.3 Å². The number of fused-ring (bicyclic) bond motifs is 5. The predicted molar refractivity (Wildman–Crippen MR) is 127 cm³/mol. The highest BCUT2D eigenvalue weighted by Gasteiger charge is 2.36. The highest BCUT2D eigenvalue weighted by molar-refractivity contribution is 6.04. The van der Waals surface area contributed by atoms with Gasteiger partial charge in [0.25, 0.3) is 0 Å². The number of aromatic carboxylic acids is 1. The van der Waals surface area contributed by atoms with E-state index >= 15 is 0 Å². The number of carboxylic acids is 1. The van der Waals surface area contributed by atoms with E-state index in [-0.39, 0.29) is 5.41 Å². The minimum atomic E-state index is -0.916. The van der Waals surface area contributed by atoms with Crippen LogP contribution in [0.2, 0.25) is 0 Å². The standard InChI is InChI=1S/C28H24O4/c1-28(2)22-12-10-19-14-24(31-3)25(32-4)15-21(19)26(22)20-11-9-18(13-23(20)28)16-5-7-17(8-6-16)27(29)30/h5-15H,1-4H3,(H,29,30). The third-order valence-electron chi connectivity index (χ3n) is 6.62. The Hall–Kier alpha value is -3.79. The van der Waals surface area contributed by atoms with Gasteiger partial charge >= 0.3 is 5.97 Å². The first-order valence-electron chi connectivity index (χ1n) is 10.5. The molecule has 0 radical (unpaired) electrons. The summed E-state index contributed by atoms with van der Waals surface area (Å²) in [6.45, 7) is 4.50. The molecule has 4 aromatic rings. The Labute approximate surface area is 187 Å². The monoisotopic (exact) mass is 424 g/mol. The molecule has 4 heteroatoms. The van der Waals surface area contributed by atoms with Crippen LogP contribution >= 0.6 is 0 Å². The zero-order chi connectivity index (χ0) is 22.6. The first-order valence-corrected chi connectivity index (χ1v) is 10.5. The van der Waals surface area contributed by atoms with Crippen molar-refractivity contribution < 1.29 is 19.4 Å². The largest absolute Gasteiger partial charge is 0.493 e. The quantitative estimate of drug-likeness (QED) is 0.405. The maximum absolute atomic E-state index is 11.2. The molecule has 0 spiro atoms. The molecule has 0 unspecified atom stereocenters.